The summed E-state index contributed by atoms with van der Waals surface area (Å²) in [6.45, 7) is 4.83. The highest BCUT2D eigenvalue weighted by atomic mass is 32.2. The van der Waals surface area contributed by atoms with Gasteiger partial charge in [0.25, 0.3) is 5.69 Å². The summed E-state index contributed by atoms with van der Waals surface area (Å²) in [5, 5.41) is 14.0. The molecule has 0 amide bonds. The van der Waals surface area contributed by atoms with Crippen LogP contribution in [0.2, 0.25) is 0 Å². The summed E-state index contributed by atoms with van der Waals surface area (Å²) in [7, 11) is -0.856. The Hall–Kier alpha value is -1.27. The van der Waals surface area contributed by atoms with Gasteiger partial charge < -0.3 is 5.32 Å². The molecule has 0 spiro atoms. The van der Waals surface area contributed by atoms with Crippen molar-refractivity contribution in [2.24, 2.45) is 0 Å². The summed E-state index contributed by atoms with van der Waals surface area (Å²) in [6, 6.07) is 5.05. The Morgan fingerprint density at radius 1 is 1.50 bits per heavy atom. The molecule has 2 atom stereocenters. The molecule has 100 valence electrons. The standard InChI is InChI=1S/C12H18N2O3S/c1-9(18(3)17)7-13-8-11-5-4-6-12(10(11)2)14(15)16/h4-6,9,13H,7-8H2,1-3H3. The largest absolute Gasteiger partial charge is 0.311 e. The monoisotopic (exact) mass is 270 g/mol. The van der Waals surface area contributed by atoms with Crippen LogP contribution in [0.1, 0.15) is 18.1 Å². The molecule has 0 bridgehead atoms. The molecule has 0 saturated carbocycles. The van der Waals surface area contributed by atoms with Crippen LogP contribution in [0.4, 0.5) is 5.69 Å². The molecule has 2 unspecified atom stereocenters. The Labute approximate surface area is 109 Å². The van der Waals surface area contributed by atoms with Crippen LogP contribution in [0, 0.1) is 17.0 Å². The number of hydrogen-bond donors (Lipinski definition) is 1. The molecule has 0 fully saturated rings. The minimum Gasteiger partial charge on any atom is -0.311 e. The predicted octanol–water partition coefficient (Wildman–Crippen LogP) is 1.76. The van der Waals surface area contributed by atoms with Crippen LogP contribution in [0.3, 0.4) is 0 Å². The smallest absolute Gasteiger partial charge is 0.272 e. The SMILES string of the molecule is Cc1c(CNCC(C)S(C)=O)cccc1[N+](=O)[O-]. The van der Waals surface area contributed by atoms with Crippen LogP contribution < -0.4 is 5.32 Å². The second kappa shape index (κ2) is 6.61. The molecule has 0 heterocycles. The van der Waals surface area contributed by atoms with Crippen molar-refractivity contribution >= 4 is 16.5 Å². The van der Waals surface area contributed by atoms with Crippen LogP contribution in [0.5, 0.6) is 0 Å². The van der Waals surface area contributed by atoms with Crippen molar-refractivity contribution in [2.75, 3.05) is 12.8 Å². The summed E-state index contributed by atoms with van der Waals surface area (Å²) < 4.78 is 11.2. The highest BCUT2D eigenvalue weighted by Gasteiger charge is 2.13. The van der Waals surface area contributed by atoms with Gasteiger partial charge >= 0.3 is 0 Å². The lowest BCUT2D eigenvalue weighted by Gasteiger charge is -2.11. The maximum atomic E-state index is 11.2. The molecule has 0 aliphatic carbocycles. The molecule has 18 heavy (non-hydrogen) atoms. The zero-order valence-electron chi connectivity index (χ0n) is 10.8. The van der Waals surface area contributed by atoms with Crippen LogP contribution in [-0.4, -0.2) is 27.2 Å². The third-order valence-corrected chi connectivity index (χ3v) is 4.23. The van der Waals surface area contributed by atoms with E-state index in [4.69, 9.17) is 0 Å². The number of rotatable bonds is 6. The Balaban J connectivity index is 2.66. The van der Waals surface area contributed by atoms with E-state index in [0.29, 0.717) is 18.7 Å². The molecule has 6 heteroatoms. The van der Waals surface area contributed by atoms with E-state index in [0.717, 1.165) is 5.56 Å². The fraction of sp³-hybridized carbons (Fsp3) is 0.500. The van der Waals surface area contributed by atoms with Crippen molar-refractivity contribution in [2.45, 2.75) is 25.6 Å². The van der Waals surface area contributed by atoms with E-state index >= 15 is 0 Å². The lowest BCUT2D eigenvalue weighted by molar-refractivity contribution is -0.385. The van der Waals surface area contributed by atoms with Crippen molar-refractivity contribution in [3.05, 3.63) is 39.4 Å². The van der Waals surface area contributed by atoms with E-state index in [1.54, 1.807) is 19.2 Å². The number of nitrogens with one attached hydrogen (secondary N) is 1. The van der Waals surface area contributed by atoms with Crippen molar-refractivity contribution in [1.82, 2.24) is 5.32 Å². The van der Waals surface area contributed by atoms with E-state index in [2.05, 4.69) is 5.32 Å². The molecule has 1 aromatic rings. The van der Waals surface area contributed by atoms with E-state index < -0.39 is 10.8 Å². The Bertz CT molecular complexity index is 463. The minimum atomic E-state index is -0.856. The quantitative estimate of drug-likeness (QED) is 0.631. The number of hydrogen-bond acceptors (Lipinski definition) is 4. The highest BCUT2D eigenvalue weighted by molar-refractivity contribution is 7.84. The van der Waals surface area contributed by atoms with Gasteiger partial charge in [-0.15, -0.1) is 0 Å². The van der Waals surface area contributed by atoms with E-state index in [1.165, 1.54) is 6.07 Å². The van der Waals surface area contributed by atoms with Gasteiger partial charge in [0.15, 0.2) is 0 Å². The first-order chi connectivity index (χ1) is 8.43. The first-order valence-corrected chi connectivity index (χ1v) is 7.31. The van der Waals surface area contributed by atoms with Crippen LogP contribution in [-0.2, 0) is 17.3 Å². The average Bonchev–Trinajstić information content (AvgIpc) is 2.30. The zero-order chi connectivity index (χ0) is 13.7. The Morgan fingerprint density at radius 3 is 2.72 bits per heavy atom. The maximum absolute atomic E-state index is 11.2. The first-order valence-electron chi connectivity index (χ1n) is 5.69. The van der Waals surface area contributed by atoms with E-state index in [-0.39, 0.29) is 15.9 Å². The van der Waals surface area contributed by atoms with Crippen LogP contribution >= 0.6 is 0 Å². The highest BCUT2D eigenvalue weighted by Crippen LogP contribution is 2.20. The second-order valence-electron chi connectivity index (χ2n) is 4.26. The molecule has 0 saturated heterocycles. The minimum absolute atomic E-state index is 0.0732. The molecular formula is C12H18N2O3S. The zero-order valence-corrected chi connectivity index (χ0v) is 11.6. The first kappa shape index (κ1) is 14.8. The van der Waals surface area contributed by atoms with Gasteiger partial charge in [-0.25, -0.2) is 0 Å². The van der Waals surface area contributed by atoms with Gasteiger partial charge in [-0.05, 0) is 19.4 Å². The van der Waals surface area contributed by atoms with Gasteiger partial charge in [-0.1, -0.05) is 12.1 Å². The molecule has 0 radical (unpaired) electrons. The fourth-order valence-electron chi connectivity index (χ4n) is 1.59. The summed E-state index contributed by atoms with van der Waals surface area (Å²) in [5.74, 6) is 0. The van der Waals surface area contributed by atoms with Gasteiger partial charge in [0.1, 0.15) is 0 Å². The molecule has 1 N–H and O–H groups in total. The van der Waals surface area contributed by atoms with Gasteiger partial charge in [0, 0.05) is 47.0 Å². The van der Waals surface area contributed by atoms with Crippen LogP contribution in [0.25, 0.3) is 0 Å². The summed E-state index contributed by atoms with van der Waals surface area (Å²) in [4.78, 5) is 10.4. The third-order valence-electron chi connectivity index (χ3n) is 2.93. The average molecular weight is 270 g/mol. The molecular weight excluding hydrogens is 252 g/mol. The lowest BCUT2D eigenvalue weighted by atomic mass is 10.1. The predicted molar refractivity (Wildman–Crippen MR) is 73.1 cm³/mol. The van der Waals surface area contributed by atoms with E-state index in [9.17, 15) is 14.3 Å². The fourth-order valence-corrected chi connectivity index (χ4v) is 1.94. The number of nitro groups is 1. The number of benzene rings is 1. The van der Waals surface area contributed by atoms with Crippen molar-refractivity contribution in [3.63, 3.8) is 0 Å². The van der Waals surface area contributed by atoms with Gasteiger partial charge in [0.05, 0.1) is 4.92 Å². The van der Waals surface area contributed by atoms with Crippen molar-refractivity contribution in [1.29, 1.82) is 0 Å². The van der Waals surface area contributed by atoms with E-state index in [1.807, 2.05) is 13.0 Å². The van der Waals surface area contributed by atoms with Crippen molar-refractivity contribution in [3.8, 4) is 0 Å². The van der Waals surface area contributed by atoms with Gasteiger partial charge in [-0.3, -0.25) is 14.3 Å². The van der Waals surface area contributed by atoms with Gasteiger partial charge in [0.2, 0.25) is 0 Å². The Kier molecular flexibility index (Phi) is 5.43. The summed E-state index contributed by atoms with van der Waals surface area (Å²) in [6.07, 6.45) is 1.67. The summed E-state index contributed by atoms with van der Waals surface area (Å²) in [5.41, 5.74) is 1.72. The molecule has 1 rings (SSSR count). The topological polar surface area (TPSA) is 72.2 Å². The van der Waals surface area contributed by atoms with Crippen LogP contribution in [0.15, 0.2) is 18.2 Å². The Morgan fingerprint density at radius 2 is 2.17 bits per heavy atom. The summed E-state index contributed by atoms with van der Waals surface area (Å²) >= 11 is 0. The molecule has 0 aliphatic rings. The molecule has 0 aromatic heterocycles. The normalized spacial score (nSPS) is 14.2. The molecule has 5 nitrogen and oxygen atoms in total. The third kappa shape index (κ3) is 3.89. The molecule has 1 aromatic carbocycles. The van der Waals surface area contributed by atoms with Gasteiger partial charge in [-0.2, -0.15) is 0 Å². The van der Waals surface area contributed by atoms with Crippen molar-refractivity contribution < 1.29 is 9.13 Å². The second-order valence-corrected chi connectivity index (χ2v) is 6.06. The maximum Gasteiger partial charge on any atom is 0.272 e. The molecule has 0 aliphatic heterocycles. The number of nitro benzene ring substituents is 1. The lowest BCUT2D eigenvalue weighted by Crippen LogP contribution is -2.27. The number of nitrogens with zero attached hydrogens (tertiary/aromatic N) is 1.